The number of carbonyl (C=O) groups is 2. The quantitative estimate of drug-likeness (QED) is 0.327. The number of fused-ring (bicyclic) bond motifs is 1. The van der Waals surface area contributed by atoms with Crippen molar-refractivity contribution in [3.8, 4) is 11.5 Å². The highest BCUT2D eigenvalue weighted by Gasteiger charge is 2.41. The monoisotopic (exact) mass is 654 g/mol. The number of amidine groups is 1. The number of aliphatic imine (C=N–C) groups is 1. The Labute approximate surface area is 277 Å². The van der Waals surface area contributed by atoms with Gasteiger partial charge in [-0.3, -0.25) is 19.8 Å². The molecule has 1 saturated heterocycles. The number of anilines is 1. The van der Waals surface area contributed by atoms with Crippen molar-refractivity contribution >= 4 is 40.2 Å². The van der Waals surface area contributed by atoms with Gasteiger partial charge in [-0.25, -0.2) is 9.98 Å². The molecule has 7 rings (SSSR count). The second-order valence-electron chi connectivity index (χ2n) is 12.2. The fourth-order valence-corrected chi connectivity index (χ4v) is 8.11. The molecule has 0 radical (unpaired) electrons. The van der Waals surface area contributed by atoms with Crippen LogP contribution >= 0.6 is 11.8 Å². The Hall–Kier alpha value is -4.58. The summed E-state index contributed by atoms with van der Waals surface area (Å²) in [6.45, 7) is 0. The highest BCUT2D eigenvalue weighted by atomic mass is 32.2. The molecular weight excluding hydrogens is 616 g/mol. The third kappa shape index (κ3) is 5.90. The second kappa shape index (κ2) is 13.3. The van der Waals surface area contributed by atoms with Crippen LogP contribution in [0.2, 0.25) is 0 Å². The molecular formula is C35H38N6O5S. The van der Waals surface area contributed by atoms with E-state index in [4.69, 9.17) is 14.5 Å². The number of methoxy groups -OCH3 is 2. The molecule has 1 unspecified atom stereocenters. The maximum Gasteiger partial charge on any atom is 0.306 e. The summed E-state index contributed by atoms with van der Waals surface area (Å²) in [5.74, 6) is 0.354. The Bertz CT molecular complexity index is 1820. The van der Waals surface area contributed by atoms with E-state index in [0.29, 0.717) is 33.7 Å². The number of aromatic nitrogens is 2. The van der Waals surface area contributed by atoms with Crippen LogP contribution in [0.25, 0.3) is 0 Å². The number of nitrogens with one attached hydrogen (secondary N) is 2. The molecule has 2 amide bonds. The zero-order chi connectivity index (χ0) is 32.5. The molecule has 3 aromatic rings. The first kappa shape index (κ1) is 31.0. The molecule has 47 heavy (non-hydrogen) atoms. The summed E-state index contributed by atoms with van der Waals surface area (Å²) in [4.78, 5) is 55.5. The number of hydrogen-bond donors (Lipinski definition) is 2. The first-order chi connectivity index (χ1) is 23.0. The average molecular weight is 655 g/mol. The second-order valence-corrected chi connectivity index (χ2v) is 13.2. The van der Waals surface area contributed by atoms with Crippen LogP contribution in [0.5, 0.6) is 11.5 Å². The third-order valence-corrected chi connectivity index (χ3v) is 10.4. The predicted molar refractivity (Wildman–Crippen MR) is 181 cm³/mol. The minimum absolute atomic E-state index is 0.138. The first-order valence-corrected chi connectivity index (χ1v) is 17.2. The summed E-state index contributed by atoms with van der Waals surface area (Å²) in [5.41, 5.74) is 6.83. The number of hydrazine groups is 1. The largest absolute Gasteiger partial charge is 0.493 e. The zero-order valence-electron chi connectivity index (χ0n) is 26.6. The number of benzene rings is 2. The van der Waals surface area contributed by atoms with Crippen LogP contribution in [0, 0.1) is 0 Å². The van der Waals surface area contributed by atoms with Crippen LogP contribution in [0.3, 0.4) is 0 Å². The lowest BCUT2D eigenvalue weighted by Gasteiger charge is -2.45. The number of rotatable bonds is 7. The minimum Gasteiger partial charge on any atom is -0.493 e. The molecule has 2 N–H and O–H groups in total. The van der Waals surface area contributed by atoms with E-state index in [9.17, 15) is 14.4 Å². The fourth-order valence-electron chi connectivity index (χ4n) is 7.28. The first-order valence-electron chi connectivity index (χ1n) is 16.2. The van der Waals surface area contributed by atoms with Crippen molar-refractivity contribution in [3.63, 3.8) is 0 Å². The van der Waals surface area contributed by atoms with Gasteiger partial charge in [-0.05, 0) is 73.9 Å². The van der Waals surface area contributed by atoms with Gasteiger partial charge in [-0.1, -0.05) is 55.3 Å². The van der Waals surface area contributed by atoms with E-state index in [1.54, 1.807) is 14.2 Å². The number of H-pyrrole nitrogens is 1. The number of ether oxygens (including phenoxy) is 2. The lowest BCUT2D eigenvalue weighted by molar-refractivity contribution is -0.125. The molecule has 2 aliphatic heterocycles. The van der Waals surface area contributed by atoms with Crippen molar-refractivity contribution in [1.82, 2.24) is 20.4 Å². The van der Waals surface area contributed by atoms with Crippen molar-refractivity contribution in [2.24, 2.45) is 4.99 Å². The molecule has 0 spiro atoms. The summed E-state index contributed by atoms with van der Waals surface area (Å²) in [6, 6.07) is 15.2. The topological polar surface area (TPSA) is 129 Å². The van der Waals surface area contributed by atoms with E-state index >= 15 is 0 Å². The molecule has 2 aliphatic carbocycles. The Morgan fingerprint density at radius 2 is 1.74 bits per heavy atom. The van der Waals surface area contributed by atoms with E-state index in [1.165, 1.54) is 29.5 Å². The van der Waals surface area contributed by atoms with Gasteiger partial charge in [0.05, 0.1) is 31.2 Å². The molecule has 2 fully saturated rings. The molecule has 3 heterocycles. The number of nitrogens with zero attached hydrogens (tertiary/aromatic N) is 4. The standard InChI is InChI=1S/C35H38N6O5S/c1-45-26-18-17-21(19-27(26)46-2)29-24-15-9-10-16-25(24)40(23-13-7-4-8-14-23)32-30(29)33(43)38-31(37-32)34(44)39-41-28(42)20-47-35(41)36-22-11-5-3-6-12-22/h3,5-6,11-12,17-19,23,29H,4,7-10,13-16,20H2,1-2H3,(H,39,44)(H,37,38,43). The molecule has 1 atom stereocenters. The van der Waals surface area contributed by atoms with Crippen LogP contribution in [-0.4, -0.2) is 58.0 Å². The maximum absolute atomic E-state index is 14.3. The van der Waals surface area contributed by atoms with Gasteiger partial charge in [0.15, 0.2) is 16.7 Å². The maximum atomic E-state index is 14.3. The van der Waals surface area contributed by atoms with Gasteiger partial charge in [0, 0.05) is 17.7 Å². The Balaban J connectivity index is 1.32. The van der Waals surface area contributed by atoms with Gasteiger partial charge in [-0.15, -0.1) is 0 Å². The smallest absolute Gasteiger partial charge is 0.306 e. The molecule has 1 saturated carbocycles. The number of thioether (sulfide) groups is 1. The molecule has 4 aliphatic rings. The van der Waals surface area contributed by atoms with Crippen molar-refractivity contribution in [2.75, 3.05) is 24.9 Å². The van der Waals surface area contributed by atoms with Gasteiger partial charge in [-0.2, -0.15) is 5.01 Å². The number of carbonyl (C=O) groups excluding carboxylic acids is 2. The number of allylic oxidation sites excluding steroid dienone is 2. The minimum atomic E-state index is -0.684. The summed E-state index contributed by atoms with van der Waals surface area (Å²) in [7, 11) is 3.20. The summed E-state index contributed by atoms with van der Waals surface area (Å²) in [6.07, 6.45) is 9.21. The molecule has 0 bridgehead atoms. The third-order valence-electron chi connectivity index (χ3n) is 9.43. The van der Waals surface area contributed by atoms with Crippen LogP contribution in [0.15, 0.2) is 69.6 Å². The van der Waals surface area contributed by atoms with Crippen molar-refractivity contribution in [3.05, 3.63) is 87.1 Å². The van der Waals surface area contributed by atoms with Crippen LogP contribution in [0.4, 0.5) is 11.5 Å². The Morgan fingerprint density at radius 3 is 2.51 bits per heavy atom. The van der Waals surface area contributed by atoms with E-state index in [2.05, 4.69) is 20.3 Å². The summed E-state index contributed by atoms with van der Waals surface area (Å²) < 4.78 is 11.2. The molecule has 2 aromatic carbocycles. The summed E-state index contributed by atoms with van der Waals surface area (Å²) >= 11 is 1.24. The molecule has 12 heteroatoms. The van der Waals surface area contributed by atoms with E-state index in [-0.39, 0.29) is 35.0 Å². The number of amides is 2. The fraction of sp³-hybridized carbons (Fsp3) is 0.400. The highest BCUT2D eigenvalue weighted by molar-refractivity contribution is 8.15. The van der Waals surface area contributed by atoms with Gasteiger partial charge >= 0.3 is 5.91 Å². The van der Waals surface area contributed by atoms with Crippen molar-refractivity contribution < 1.29 is 19.1 Å². The molecule has 244 valence electrons. The van der Waals surface area contributed by atoms with Crippen molar-refractivity contribution in [2.45, 2.75) is 69.7 Å². The van der Waals surface area contributed by atoms with Crippen molar-refractivity contribution in [1.29, 1.82) is 0 Å². The Kier molecular flexibility index (Phi) is 8.76. The van der Waals surface area contributed by atoms with Crippen LogP contribution in [-0.2, 0) is 4.79 Å². The van der Waals surface area contributed by atoms with E-state index in [0.717, 1.165) is 61.9 Å². The van der Waals surface area contributed by atoms with E-state index in [1.807, 2.05) is 48.5 Å². The average Bonchev–Trinajstić information content (AvgIpc) is 3.45. The summed E-state index contributed by atoms with van der Waals surface area (Å²) in [5, 5.41) is 1.50. The lowest BCUT2D eigenvalue weighted by Crippen LogP contribution is -2.48. The number of hydrogen-bond acceptors (Lipinski definition) is 9. The zero-order valence-corrected chi connectivity index (χ0v) is 27.4. The Morgan fingerprint density at radius 1 is 0.979 bits per heavy atom. The lowest BCUT2D eigenvalue weighted by atomic mass is 9.75. The SMILES string of the molecule is COc1ccc(C2C3=C(CCCC3)N(C3CCCCC3)c3nc(C(=O)NN4C(=O)CSC4=Nc4ccccc4)[nH]c(=O)c32)cc1OC. The van der Waals surface area contributed by atoms with Gasteiger partial charge in [0.2, 0.25) is 5.82 Å². The van der Waals surface area contributed by atoms with Gasteiger partial charge in [0.1, 0.15) is 5.82 Å². The number of aromatic amines is 1. The number of para-hydroxylation sites is 1. The van der Waals surface area contributed by atoms with Gasteiger partial charge < -0.3 is 19.4 Å². The molecule has 1 aromatic heterocycles. The van der Waals surface area contributed by atoms with Gasteiger partial charge in [0.25, 0.3) is 11.5 Å². The van der Waals surface area contributed by atoms with Crippen LogP contribution in [0.1, 0.15) is 85.5 Å². The normalized spacial score (nSPS) is 20.7. The molecule has 11 nitrogen and oxygen atoms in total. The van der Waals surface area contributed by atoms with Crippen LogP contribution < -0.4 is 25.4 Å². The predicted octanol–water partition coefficient (Wildman–Crippen LogP) is 5.81. The highest BCUT2D eigenvalue weighted by Crippen LogP contribution is 2.50. The van der Waals surface area contributed by atoms with E-state index < -0.39 is 5.91 Å².